The van der Waals surface area contributed by atoms with E-state index in [1.165, 1.54) is 11.0 Å². The second-order valence-electron chi connectivity index (χ2n) is 6.45. The van der Waals surface area contributed by atoms with Crippen molar-refractivity contribution < 1.29 is 19.1 Å². The lowest BCUT2D eigenvalue weighted by Crippen LogP contribution is -2.49. The molecule has 0 aliphatic carbocycles. The lowest BCUT2D eigenvalue weighted by atomic mass is 10.2. The van der Waals surface area contributed by atoms with E-state index in [4.69, 9.17) is 4.74 Å². The van der Waals surface area contributed by atoms with Gasteiger partial charge >= 0.3 is 0 Å². The van der Waals surface area contributed by atoms with E-state index in [0.717, 1.165) is 24.2 Å². The minimum atomic E-state index is -0.724. The molecule has 0 aromatic heterocycles. The summed E-state index contributed by atoms with van der Waals surface area (Å²) in [6.07, 6.45) is 4.60. The number of methoxy groups -OCH3 is 1. The molecule has 0 saturated carbocycles. The van der Waals surface area contributed by atoms with Gasteiger partial charge in [0.2, 0.25) is 17.7 Å². The summed E-state index contributed by atoms with van der Waals surface area (Å²) in [5, 5.41) is 5.42. The van der Waals surface area contributed by atoms with Gasteiger partial charge in [0.25, 0.3) is 0 Å². The Labute approximate surface area is 167 Å². The number of carbonyl (C=O) groups excluding carboxylic acids is 3. The fraction of sp³-hybridized carbons (Fsp3) is 0.476. The highest BCUT2D eigenvalue weighted by Gasteiger charge is 2.22. The average Bonchev–Trinajstić information content (AvgIpc) is 2.70. The molecule has 1 unspecified atom stereocenters. The van der Waals surface area contributed by atoms with Crippen LogP contribution in [0.2, 0.25) is 0 Å². The molecule has 1 aromatic carbocycles. The largest absolute Gasteiger partial charge is 0.497 e. The summed E-state index contributed by atoms with van der Waals surface area (Å²) in [5.74, 6) is -0.107. The zero-order valence-electron chi connectivity index (χ0n) is 17.2. The van der Waals surface area contributed by atoms with Gasteiger partial charge in [0.15, 0.2) is 0 Å². The van der Waals surface area contributed by atoms with E-state index < -0.39 is 6.04 Å². The first kappa shape index (κ1) is 23.2. The number of ether oxygens (including phenoxy) is 1. The summed E-state index contributed by atoms with van der Waals surface area (Å²) in [6, 6.07) is 6.54. The third-order valence-electron chi connectivity index (χ3n) is 3.98. The molecule has 2 N–H and O–H groups in total. The van der Waals surface area contributed by atoms with Crippen molar-refractivity contribution in [3.05, 3.63) is 35.9 Å². The highest BCUT2D eigenvalue weighted by molar-refractivity contribution is 5.96. The first-order valence-corrected chi connectivity index (χ1v) is 9.59. The molecular formula is C21H31N3O4. The second-order valence-corrected chi connectivity index (χ2v) is 6.45. The normalized spacial score (nSPS) is 11.7. The Kier molecular flexibility index (Phi) is 10.4. The molecule has 7 heteroatoms. The number of benzene rings is 1. The molecule has 0 radical (unpaired) electrons. The molecule has 28 heavy (non-hydrogen) atoms. The van der Waals surface area contributed by atoms with Crippen LogP contribution in [0.1, 0.15) is 39.2 Å². The predicted molar refractivity (Wildman–Crippen MR) is 110 cm³/mol. The van der Waals surface area contributed by atoms with Gasteiger partial charge in [0.1, 0.15) is 11.8 Å². The Morgan fingerprint density at radius 1 is 1.14 bits per heavy atom. The van der Waals surface area contributed by atoms with Crippen molar-refractivity contribution in [2.75, 3.05) is 26.7 Å². The minimum absolute atomic E-state index is 0.00539. The third-order valence-corrected chi connectivity index (χ3v) is 3.98. The third kappa shape index (κ3) is 8.24. The van der Waals surface area contributed by atoms with Gasteiger partial charge in [-0.25, -0.2) is 0 Å². The van der Waals surface area contributed by atoms with E-state index in [2.05, 4.69) is 10.6 Å². The van der Waals surface area contributed by atoms with Crippen molar-refractivity contribution in [3.8, 4) is 5.75 Å². The summed E-state index contributed by atoms with van der Waals surface area (Å²) in [4.78, 5) is 38.1. The fourth-order valence-corrected chi connectivity index (χ4v) is 2.51. The number of nitrogens with one attached hydrogen (secondary N) is 2. The molecule has 0 spiro atoms. The van der Waals surface area contributed by atoms with Crippen LogP contribution in [-0.4, -0.2) is 55.4 Å². The van der Waals surface area contributed by atoms with Crippen LogP contribution >= 0.6 is 0 Å². The molecule has 0 aliphatic rings. The van der Waals surface area contributed by atoms with E-state index >= 15 is 0 Å². The summed E-state index contributed by atoms with van der Waals surface area (Å²) >= 11 is 0. The summed E-state index contributed by atoms with van der Waals surface area (Å²) in [7, 11) is 1.59. The number of rotatable bonds is 11. The second kappa shape index (κ2) is 12.5. The van der Waals surface area contributed by atoms with Crippen LogP contribution in [0, 0.1) is 0 Å². The molecule has 1 aromatic rings. The predicted octanol–water partition coefficient (Wildman–Crippen LogP) is 1.98. The van der Waals surface area contributed by atoms with E-state index in [-0.39, 0.29) is 24.3 Å². The van der Waals surface area contributed by atoms with Crippen molar-refractivity contribution in [1.82, 2.24) is 15.5 Å². The van der Waals surface area contributed by atoms with E-state index in [0.29, 0.717) is 13.1 Å². The van der Waals surface area contributed by atoms with Crippen LogP contribution in [-0.2, 0) is 14.4 Å². The summed E-state index contributed by atoms with van der Waals surface area (Å²) < 4.78 is 5.09. The molecule has 0 bridgehead atoms. The fourth-order valence-electron chi connectivity index (χ4n) is 2.51. The first-order chi connectivity index (χ1) is 13.4. The van der Waals surface area contributed by atoms with Crippen LogP contribution < -0.4 is 15.4 Å². The van der Waals surface area contributed by atoms with Gasteiger partial charge in [-0.2, -0.15) is 0 Å². The van der Waals surface area contributed by atoms with Crippen LogP contribution in [0.5, 0.6) is 5.75 Å². The van der Waals surface area contributed by atoms with Gasteiger partial charge in [0.05, 0.1) is 13.7 Å². The molecule has 0 aliphatic heterocycles. The highest BCUT2D eigenvalue weighted by atomic mass is 16.5. The Morgan fingerprint density at radius 2 is 1.82 bits per heavy atom. The van der Waals surface area contributed by atoms with Crippen molar-refractivity contribution in [3.63, 3.8) is 0 Å². The van der Waals surface area contributed by atoms with E-state index in [9.17, 15) is 14.4 Å². The molecule has 1 rings (SSSR count). The van der Waals surface area contributed by atoms with Gasteiger partial charge < -0.3 is 20.3 Å². The Morgan fingerprint density at radius 3 is 2.39 bits per heavy atom. The lowest BCUT2D eigenvalue weighted by molar-refractivity contribution is -0.138. The van der Waals surface area contributed by atoms with Crippen LogP contribution in [0.25, 0.3) is 6.08 Å². The maximum atomic E-state index is 12.6. The Bertz CT molecular complexity index is 671. The number of nitrogens with zero attached hydrogens (tertiary/aromatic N) is 1. The maximum Gasteiger partial charge on any atom is 0.245 e. The zero-order chi connectivity index (χ0) is 20.9. The maximum absolute atomic E-state index is 12.6. The smallest absolute Gasteiger partial charge is 0.245 e. The van der Waals surface area contributed by atoms with Gasteiger partial charge in [0, 0.05) is 19.2 Å². The SMILES string of the molecule is CCCNC(=O)CN(CCC)C(=O)C(C)NC(=O)C=Cc1ccc(OC)cc1. The molecule has 0 fully saturated rings. The van der Waals surface area contributed by atoms with E-state index in [1.54, 1.807) is 32.2 Å². The standard InChI is InChI=1S/C21H31N3O4/c1-5-13-22-20(26)15-24(14-6-2)21(27)16(3)23-19(25)12-9-17-7-10-18(28-4)11-8-17/h7-12,16H,5-6,13-15H2,1-4H3,(H,22,26)(H,23,25). The van der Waals surface area contributed by atoms with Crippen molar-refractivity contribution in [2.45, 2.75) is 39.7 Å². The monoisotopic (exact) mass is 389 g/mol. The average molecular weight is 389 g/mol. The Hall–Kier alpha value is -2.83. The highest BCUT2D eigenvalue weighted by Crippen LogP contribution is 2.12. The zero-order valence-corrected chi connectivity index (χ0v) is 17.2. The van der Waals surface area contributed by atoms with Crippen LogP contribution in [0.15, 0.2) is 30.3 Å². The molecule has 0 saturated heterocycles. The van der Waals surface area contributed by atoms with Crippen molar-refractivity contribution in [1.29, 1.82) is 0 Å². The number of amides is 3. The summed E-state index contributed by atoms with van der Waals surface area (Å²) in [6.45, 7) is 6.55. The van der Waals surface area contributed by atoms with Gasteiger partial charge in [-0.05, 0) is 43.5 Å². The topological polar surface area (TPSA) is 87.7 Å². The van der Waals surface area contributed by atoms with Gasteiger partial charge in [-0.1, -0.05) is 26.0 Å². The number of hydrogen-bond donors (Lipinski definition) is 2. The Balaban J connectivity index is 2.61. The minimum Gasteiger partial charge on any atom is -0.497 e. The molecular weight excluding hydrogens is 358 g/mol. The molecule has 3 amide bonds. The first-order valence-electron chi connectivity index (χ1n) is 9.59. The van der Waals surface area contributed by atoms with Crippen molar-refractivity contribution >= 4 is 23.8 Å². The van der Waals surface area contributed by atoms with Crippen LogP contribution in [0.4, 0.5) is 0 Å². The van der Waals surface area contributed by atoms with Crippen molar-refractivity contribution in [2.24, 2.45) is 0 Å². The lowest BCUT2D eigenvalue weighted by Gasteiger charge is -2.25. The quantitative estimate of drug-likeness (QED) is 0.567. The number of carbonyl (C=O) groups is 3. The van der Waals surface area contributed by atoms with Gasteiger partial charge in [-0.15, -0.1) is 0 Å². The summed E-state index contributed by atoms with van der Waals surface area (Å²) in [5.41, 5.74) is 0.843. The number of hydrogen-bond acceptors (Lipinski definition) is 4. The van der Waals surface area contributed by atoms with Gasteiger partial charge in [-0.3, -0.25) is 14.4 Å². The molecule has 0 heterocycles. The van der Waals surface area contributed by atoms with Crippen LogP contribution in [0.3, 0.4) is 0 Å². The molecule has 7 nitrogen and oxygen atoms in total. The van der Waals surface area contributed by atoms with E-state index in [1.807, 2.05) is 26.0 Å². The molecule has 1 atom stereocenters. The molecule has 154 valence electrons.